The quantitative estimate of drug-likeness (QED) is 0.681. The number of unbranched alkanes of at least 4 members (excludes halogenated alkanes) is 2. The van der Waals surface area contributed by atoms with Gasteiger partial charge in [0.25, 0.3) is 0 Å². The molecule has 0 aromatic heterocycles. The Bertz CT molecular complexity index is 212. The van der Waals surface area contributed by atoms with Gasteiger partial charge in [0.05, 0.1) is 18.8 Å². The van der Waals surface area contributed by atoms with Crippen molar-refractivity contribution in [3.8, 4) is 6.07 Å². The highest BCUT2D eigenvalue weighted by molar-refractivity contribution is 4.78. The molecule has 1 aliphatic rings. The first kappa shape index (κ1) is 12.4. The van der Waals surface area contributed by atoms with Gasteiger partial charge in [-0.05, 0) is 26.3 Å². The summed E-state index contributed by atoms with van der Waals surface area (Å²) in [7, 11) is 0. The number of nitrogens with zero attached hydrogens (tertiary/aromatic N) is 2. The number of rotatable bonds is 5. The highest BCUT2D eigenvalue weighted by Crippen LogP contribution is 2.09. The summed E-state index contributed by atoms with van der Waals surface area (Å²) in [5, 5.41) is 8.42. The molecule has 15 heavy (non-hydrogen) atoms. The van der Waals surface area contributed by atoms with Gasteiger partial charge in [-0.3, -0.25) is 4.90 Å². The van der Waals surface area contributed by atoms with Crippen LogP contribution in [0.2, 0.25) is 0 Å². The Kier molecular flexibility index (Phi) is 5.62. The fraction of sp³-hybridized carbons (Fsp3) is 0.909. The second-order valence-electron chi connectivity index (χ2n) is 4.18. The van der Waals surface area contributed by atoms with Crippen molar-refractivity contribution in [3.05, 3.63) is 0 Å². The summed E-state index contributed by atoms with van der Waals surface area (Å²) in [5.41, 5.74) is 5.81. The molecule has 0 aromatic rings. The van der Waals surface area contributed by atoms with Crippen LogP contribution in [0.5, 0.6) is 0 Å². The lowest BCUT2D eigenvalue weighted by atomic mass is 10.1. The van der Waals surface area contributed by atoms with E-state index in [-0.39, 0.29) is 12.1 Å². The molecule has 0 aliphatic carbocycles. The minimum Gasteiger partial charge on any atom is -0.374 e. The van der Waals surface area contributed by atoms with E-state index < -0.39 is 0 Å². The van der Waals surface area contributed by atoms with Gasteiger partial charge in [-0.1, -0.05) is 0 Å². The Morgan fingerprint density at radius 1 is 1.60 bits per heavy atom. The van der Waals surface area contributed by atoms with Crippen LogP contribution >= 0.6 is 0 Å². The predicted molar refractivity (Wildman–Crippen MR) is 59.3 cm³/mol. The average Bonchev–Trinajstić information content (AvgIpc) is 2.25. The molecule has 0 amide bonds. The molecule has 4 nitrogen and oxygen atoms in total. The largest absolute Gasteiger partial charge is 0.374 e. The van der Waals surface area contributed by atoms with Crippen molar-refractivity contribution in [2.24, 2.45) is 5.73 Å². The number of nitriles is 1. The van der Waals surface area contributed by atoms with Gasteiger partial charge in [-0.15, -0.1) is 0 Å². The van der Waals surface area contributed by atoms with Gasteiger partial charge in [0.15, 0.2) is 0 Å². The number of hydrogen-bond donors (Lipinski definition) is 1. The summed E-state index contributed by atoms with van der Waals surface area (Å²) in [6.45, 7) is 5.77. The third-order valence-electron chi connectivity index (χ3n) is 2.78. The smallest absolute Gasteiger partial charge is 0.0850 e. The minimum absolute atomic E-state index is 0.104. The van der Waals surface area contributed by atoms with E-state index in [9.17, 15) is 0 Å². The molecular weight excluding hydrogens is 190 g/mol. The van der Waals surface area contributed by atoms with Gasteiger partial charge in [0.2, 0.25) is 0 Å². The van der Waals surface area contributed by atoms with Crippen LogP contribution in [0, 0.1) is 11.3 Å². The van der Waals surface area contributed by atoms with E-state index in [4.69, 9.17) is 15.7 Å². The molecule has 1 fully saturated rings. The van der Waals surface area contributed by atoms with Gasteiger partial charge in [0.1, 0.15) is 0 Å². The zero-order valence-electron chi connectivity index (χ0n) is 9.48. The summed E-state index contributed by atoms with van der Waals surface area (Å²) in [6, 6.07) is 2.27. The van der Waals surface area contributed by atoms with Gasteiger partial charge < -0.3 is 10.5 Å². The zero-order chi connectivity index (χ0) is 11.1. The second-order valence-corrected chi connectivity index (χ2v) is 4.18. The molecule has 1 heterocycles. The lowest BCUT2D eigenvalue weighted by molar-refractivity contribution is -0.0378. The lowest BCUT2D eigenvalue weighted by Gasteiger charge is -2.34. The van der Waals surface area contributed by atoms with E-state index in [1.807, 2.05) is 6.92 Å². The van der Waals surface area contributed by atoms with Crippen LogP contribution in [0.1, 0.15) is 26.2 Å². The molecule has 2 unspecified atom stereocenters. The van der Waals surface area contributed by atoms with Crippen molar-refractivity contribution in [2.75, 3.05) is 26.2 Å². The molecule has 86 valence electrons. The van der Waals surface area contributed by atoms with E-state index in [1.165, 1.54) is 0 Å². The standard InChI is InChI=1S/C11H21N3O/c1-10(13)11-9-14(7-8-15-11)6-4-2-3-5-12/h10-11H,2-4,6-9,13H2,1H3. The maximum absolute atomic E-state index is 8.42. The first-order valence-corrected chi connectivity index (χ1v) is 5.70. The molecule has 0 bridgehead atoms. The SMILES string of the molecule is CC(N)C1CN(CCCCC#N)CCO1. The van der Waals surface area contributed by atoms with Crippen molar-refractivity contribution in [3.63, 3.8) is 0 Å². The van der Waals surface area contributed by atoms with Crippen molar-refractivity contribution in [1.82, 2.24) is 4.90 Å². The number of nitrogens with two attached hydrogens (primary N) is 1. The summed E-state index contributed by atoms with van der Waals surface area (Å²) in [5.74, 6) is 0. The van der Waals surface area contributed by atoms with Crippen LogP contribution in [-0.4, -0.2) is 43.3 Å². The summed E-state index contributed by atoms with van der Waals surface area (Å²) in [6.07, 6.45) is 2.94. The fourth-order valence-electron chi connectivity index (χ4n) is 1.79. The summed E-state index contributed by atoms with van der Waals surface area (Å²) < 4.78 is 5.58. The van der Waals surface area contributed by atoms with Crippen molar-refractivity contribution in [2.45, 2.75) is 38.3 Å². The molecule has 0 saturated carbocycles. The molecule has 1 saturated heterocycles. The zero-order valence-corrected chi connectivity index (χ0v) is 9.48. The van der Waals surface area contributed by atoms with Crippen molar-refractivity contribution < 1.29 is 4.74 Å². The van der Waals surface area contributed by atoms with Crippen molar-refractivity contribution in [1.29, 1.82) is 5.26 Å². The number of morpholine rings is 1. The Morgan fingerprint density at radius 3 is 3.07 bits per heavy atom. The number of hydrogen-bond acceptors (Lipinski definition) is 4. The molecule has 4 heteroatoms. The average molecular weight is 211 g/mol. The maximum atomic E-state index is 8.42. The monoisotopic (exact) mass is 211 g/mol. The van der Waals surface area contributed by atoms with Crippen LogP contribution in [0.25, 0.3) is 0 Å². The first-order valence-electron chi connectivity index (χ1n) is 5.70. The normalized spacial score (nSPS) is 24.7. The molecule has 1 rings (SSSR count). The molecule has 0 radical (unpaired) electrons. The minimum atomic E-state index is 0.104. The van der Waals surface area contributed by atoms with E-state index in [0.717, 1.165) is 39.1 Å². The topological polar surface area (TPSA) is 62.3 Å². The van der Waals surface area contributed by atoms with Crippen LogP contribution < -0.4 is 5.73 Å². The van der Waals surface area contributed by atoms with Gasteiger partial charge in [-0.2, -0.15) is 5.26 Å². The Balaban J connectivity index is 2.16. The highest BCUT2D eigenvalue weighted by Gasteiger charge is 2.22. The summed E-state index contributed by atoms with van der Waals surface area (Å²) in [4.78, 5) is 2.38. The molecule has 2 atom stereocenters. The Hall–Kier alpha value is -0.630. The van der Waals surface area contributed by atoms with Gasteiger partial charge >= 0.3 is 0 Å². The lowest BCUT2D eigenvalue weighted by Crippen LogP contribution is -2.49. The molecular formula is C11H21N3O. The third-order valence-corrected chi connectivity index (χ3v) is 2.78. The highest BCUT2D eigenvalue weighted by atomic mass is 16.5. The van der Waals surface area contributed by atoms with Crippen LogP contribution in [-0.2, 0) is 4.74 Å². The van der Waals surface area contributed by atoms with Crippen LogP contribution in [0.4, 0.5) is 0 Å². The maximum Gasteiger partial charge on any atom is 0.0850 e. The fourth-order valence-corrected chi connectivity index (χ4v) is 1.79. The first-order chi connectivity index (χ1) is 7.24. The Morgan fingerprint density at radius 2 is 2.40 bits per heavy atom. The molecule has 0 aromatic carbocycles. The van der Waals surface area contributed by atoms with Gasteiger partial charge in [-0.25, -0.2) is 0 Å². The second kappa shape index (κ2) is 6.78. The van der Waals surface area contributed by atoms with Crippen LogP contribution in [0.15, 0.2) is 0 Å². The summed E-state index contributed by atoms with van der Waals surface area (Å²) >= 11 is 0. The van der Waals surface area contributed by atoms with E-state index in [1.54, 1.807) is 0 Å². The van der Waals surface area contributed by atoms with Gasteiger partial charge in [0, 0.05) is 25.6 Å². The van der Waals surface area contributed by atoms with E-state index >= 15 is 0 Å². The van der Waals surface area contributed by atoms with E-state index in [2.05, 4.69) is 11.0 Å². The van der Waals surface area contributed by atoms with Crippen LogP contribution in [0.3, 0.4) is 0 Å². The third kappa shape index (κ3) is 4.61. The Labute approximate surface area is 92.0 Å². The molecule has 2 N–H and O–H groups in total. The van der Waals surface area contributed by atoms with E-state index in [0.29, 0.717) is 6.42 Å². The number of ether oxygens (including phenoxy) is 1. The molecule has 0 spiro atoms. The predicted octanol–water partition coefficient (Wildman–Crippen LogP) is 0.728. The molecule has 1 aliphatic heterocycles. The van der Waals surface area contributed by atoms with Crippen molar-refractivity contribution >= 4 is 0 Å².